The second-order valence-corrected chi connectivity index (χ2v) is 7.40. The molecule has 0 saturated carbocycles. The first-order chi connectivity index (χ1) is 15.2. The minimum atomic E-state index is -4.54. The first-order valence-electron chi connectivity index (χ1n) is 9.40. The number of halogens is 3. The molecule has 32 heavy (non-hydrogen) atoms. The molecule has 3 aliphatic rings. The van der Waals surface area contributed by atoms with E-state index in [9.17, 15) is 28.0 Å². The lowest BCUT2D eigenvalue weighted by molar-refractivity contribution is -0.138. The molecule has 0 saturated heterocycles. The van der Waals surface area contributed by atoms with Crippen molar-refractivity contribution in [1.29, 1.82) is 5.26 Å². The largest absolute Gasteiger partial charge is 0.456 e. The maximum atomic E-state index is 13.3. The third-order valence-electron chi connectivity index (χ3n) is 5.83. The summed E-state index contributed by atoms with van der Waals surface area (Å²) in [6.45, 7) is -0.258. The smallest absolute Gasteiger partial charge is 0.416 e. The molecule has 0 fully saturated rings. The topological polar surface area (TPSA) is 108 Å². The molecule has 1 unspecified atom stereocenters. The van der Waals surface area contributed by atoms with E-state index in [0.29, 0.717) is 11.3 Å². The average Bonchev–Trinajstić information content (AvgIpc) is 3.27. The summed E-state index contributed by atoms with van der Waals surface area (Å²) in [6.07, 6.45) is -4.54. The predicted octanol–water partition coefficient (Wildman–Crippen LogP) is 2.92. The maximum absolute atomic E-state index is 13.3. The van der Waals surface area contributed by atoms with Crippen LogP contribution in [-0.4, -0.2) is 18.5 Å². The first-order valence-corrected chi connectivity index (χ1v) is 9.40. The number of carbonyl (C=O) groups is 2. The average molecular weight is 438 g/mol. The van der Waals surface area contributed by atoms with Gasteiger partial charge in [0, 0.05) is 16.9 Å². The Labute approximate surface area is 179 Å². The number of cyclic esters (lactones) is 1. The highest BCUT2D eigenvalue weighted by molar-refractivity contribution is 6.18. The van der Waals surface area contributed by atoms with Gasteiger partial charge in [-0.05, 0) is 30.3 Å². The number of carbonyl (C=O) groups excluding carboxylic acids is 2. The van der Waals surface area contributed by atoms with Crippen LogP contribution in [0.25, 0.3) is 0 Å². The molecule has 0 aromatic heterocycles. The fourth-order valence-electron chi connectivity index (χ4n) is 4.51. The van der Waals surface area contributed by atoms with E-state index >= 15 is 0 Å². The Morgan fingerprint density at radius 1 is 1.12 bits per heavy atom. The number of para-hydroxylation sites is 1. The van der Waals surface area contributed by atoms with Crippen LogP contribution in [0.2, 0.25) is 0 Å². The van der Waals surface area contributed by atoms with Crippen molar-refractivity contribution < 1.29 is 27.5 Å². The third-order valence-corrected chi connectivity index (χ3v) is 5.83. The van der Waals surface area contributed by atoms with Gasteiger partial charge in [0.15, 0.2) is 0 Å². The van der Waals surface area contributed by atoms with Gasteiger partial charge in [0.2, 0.25) is 5.91 Å². The lowest BCUT2D eigenvalue weighted by atomic mass is 9.67. The van der Waals surface area contributed by atoms with Crippen molar-refractivity contribution in [3.05, 3.63) is 82.3 Å². The molecule has 0 radical (unpaired) electrons. The van der Waals surface area contributed by atoms with E-state index in [2.05, 4.69) is 5.32 Å². The Morgan fingerprint density at radius 3 is 2.47 bits per heavy atom. The number of esters is 1. The number of benzene rings is 2. The van der Waals surface area contributed by atoms with E-state index in [1.807, 2.05) is 6.07 Å². The SMILES string of the molecule is N#CC1=C(N)N(c2ccc(C(F)(F)F)cc2)C2=C(C(=O)OC2)C12C(=O)Nc1ccccc12. The summed E-state index contributed by atoms with van der Waals surface area (Å²) in [7, 11) is 0. The van der Waals surface area contributed by atoms with Crippen LogP contribution in [0.3, 0.4) is 0 Å². The summed E-state index contributed by atoms with van der Waals surface area (Å²) in [6, 6.07) is 12.7. The molecule has 10 heteroatoms. The van der Waals surface area contributed by atoms with E-state index < -0.39 is 29.0 Å². The Bertz CT molecular complexity index is 1300. The molecule has 3 aliphatic heterocycles. The lowest BCUT2D eigenvalue weighted by Crippen LogP contribution is -2.48. The van der Waals surface area contributed by atoms with Crippen molar-refractivity contribution in [2.45, 2.75) is 11.6 Å². The highest BCUT2D eigenvalue weighted by Gasteiger charge is 2.61. The molecule has 7 nitrogen and oxygen atoms in total. The van der Waals surface area contributed by atoms with Crippen LogP contribution in [0.5, 0.6) is 0 Å². The van der Waals surface area contributed by atoms with Crippen molar-refractivity contribution in [3.63, 3.8) is 0 Å². The number of hydrogen-bond donors (Lipinski definition) is 2. The lowest BCUT2D eigenvalue weighted by Gasteiger charge is -2.38. The first kappa shape index (κ1) is 19.7. The van der Waals surface area contributed by atoms with Gasteiger partial charge in [-0.25, -0.2) is 4.79 Å². The number of nitrogens with zero attached hydrogens (tertiary/aromatic N) is 2. The summed E-state index contributed by atoms with van der Waals surface area (Å²) >= 11 is 0. The van der Waals surface area contributed by atoms with Crippen LogP contribution in [0.15, 0.2) is 71.2 Å². The molecule has 5 rings (SSSR count). The van der Waals surface area contributed by atoms with Crippen LogP contribution < -0.4 is 16.0 Å². The molecule has 1 atom stereocenters. The fraction of sp³-hybridized carbons (Fsp3) is 0.136. The van der Waals surface area contributed by atoms with Gasteiger partial charge in [-0.3, -0.25) is 9.69 Å². The predicted molar refractivity (Wildman–Crippen MR) is 105 cm³/mol. The van der Waals surface area contributed by atoms with E-state index in [-0.39, 0.29) is 35.0 Å². The van der Waals surface area contributed by atoms with Gasteiger partial charge in [0.25, 0.3) is 0 Å². The molecule has 0 bridgehead atoms. The zero-order chi connectivity index (χ0) is 22.8. The highest BCUT2D eigenvalue weighted by atomic mass is 19.4. The van der Waals surface area contributed by atoms with E-state index in [4.69, 9.17) is 10.5 Å². The second-order valence-electron chi connectivity index (χ2n) is 7.40. The number of alkyl halides is 3. The Morgan fingerprint density at radius 2 is 1.81 bits per heavy atom. The molecule has 1 spiro atoms. The standard InChI is InChI=1S/C22H13F3N4O3/c23-22(24,25)11-5-7-12(8-6-11)29-16-10-32-19(30)17(16)21(14(9-26)18(29)27)13-3-1-2-4-15(13)28-20(21)31/h1-8H,10,27H2,(H,28,31). The molecule has 3 heterocycles. The molecular formula is C22H13F3N4O3. The van der Waals surface area contributed by atoms with Crippen LogP contribution in [0, 0.1) is 11.3 Å². The van der Waals surface area contributed by atoms with Gasteiger partial charge in [0.05, 0.1) is 22.4 Å². The number of fused-ring (bicyclic) bond motifs is 3. The van der Waals surface area contributed by atoms with Gasteiger partial charge < -0.3 is 15.8 Å². The Kier molecular flexibility index (Phi) is 3.92. The van der Waals surface area contributed by atoms with Gasteiger partial charge in [-0.1, -0.05) is 18.2 Å². The number of rotatable bonds is 1. The number of amides is 1. The summed E-state index contributed by atoms with van der Waals surface area (Å²) in [4.78, 5) is 27.4. The second kappa shape index (κ2) is 6.37. The molecule has 0 aliphatic carbocycles. The molecule has 160 valence electrons. The molecule has 2 aromatic carbocycles. The van der Waals surface area contributed by atoms with Gasteiger partial charge in [0.1, 0.15) is 23.9 Å². The van der Waals surface area contributed by atoms with Crippen molar-refractivity contribution in [2.75, 3.05) is 16.8 Å². The number of nitrogens with two attached hydrogens (primary N) is 1. The van der Waals surface area contributed by atoms with E-state index in [1.54, 1.807) is 24.3 Å². The fourth-order valence-corrected chi connectivity index (χ4v) is 4.51. The monoisotopic (exact) mass is 438 g/mol. The van der Waals surface area contributed by atoms with Gasteiger partial charge in [-0.15, -0.1) is 0 Å². The number of nitrogens with one attached hydrogen (secondary N) is 1. The minimum absolute atomic E-state index is 0.0782. The summed E-state index contributed by atoms with van der Waals surface area (Å²) in [5.41, 5.74) is 4.57. The van der Waals surface area contributed by atoms with E-state index in [1.165, 1.54) is 17.0 Å². The Hall–Kier alpha value is -4.26. The van der Waals surface area contributed by atoms with Gasteiger partial charge in [-0.2, -0.15) is 18.4 Å². The molecular weight excluding hydrogens is 425 g/mol. The summed E-state index contributed by atoms with van der Waals surface area (Å²) < 4.78 is 44.2. The number of anilines is 2. The normalized spacial score (nSPS) is 22.0. The summed E-state index contributed by atoms with van der Waals surface area (Å²) in [5, 5.41) is 12.7. The van der Waals surface area contributed by atoms with Gasteiger partial charge >= 0.3 is 12.1 Å². The summed E-state index contributed by atoms with van der Waals surface area (Å²) in [5.74, 6) is -1.60. The highest BCUT2D eigenvalue weighted by Crippen LogP contribution is 2.54. The third kappa shape index (κ3) is 2.36. The van der Waals surface area contributed by atoms with Crippen LogP contribution in [-0.2, 0) is 25.9 Å². The zero-order valence-corrected chi connectivity index (χ0v) is 16.2. The van der Waals surface area contributed by atoms with Crippen molar-refractivity contribution in [3.8, 4) is 6.07 Å². The molecule has 3 N–H and O–H groups in total. The zero-order valence-electron chi connectivity index (χ0n) is 16.2. The van der Waals surface area contributed by atoms with Crippen LogP contribution >= 0.6 is 0 Å². The van der Waals surface area contributed by atoms with Crippen molar-refractivity contribution >= 4 is 23.3 Å². The number of nitriles is 1. The quantitative estimate of drug-likeness (QED) is 0.663. The maximum Gasteiger partial charge on any atom is 0.416 e. The number of hydrogen-bond acceptors (Lipinski definition) is 6. The van der Waals surface area contributed by atoms with E-state index in [0.717, 1.165) is 12.1 Å². The van der Waals surface area contributed by atoms with Crippen LogP contribution in [0.1, 0.15) is 11.1 Å². The van der Waals surface area contributed by atoms with Crippen molar-refractivity contribution in [2.24, 2.45) is 5.73 Å². The van der Waals surface area contributed by atoms with Crippen LogP contribution in [0.4, 0.5) is 24.5 Å². The minimum Gasteiger partial charge on any atom is -0.456 e. The number of ether oxygens (including phenoxy) is 1. The molecule has 2 aromatic rings. The Balaban J connectivity index is 1.78. The molecule has 1 amide bonds. The van der Waals surface area contributed by atoms with Crippen molar-refractivity contribution in [1.82, 2.24) is 0 Å².